The summed E-state index contributed by atoms with van der Waals surface area (Å²) in [6.45, 7) is 11.4. The number of pyridine rings is 1. The SMILES string of the molecule is CCOC(=O)c1cn2c(cc1=O)-c1c3cccc(OC(C)COC)c3nn1CC2C(C)(C)C. The molecule has 1 aliphatic heterocycles. The van der Waals surface area contributed by atoms with Crippen LogP contribution >= 0.6 is 0 Å². The first kappa shape index (κ1) is 23.0. The summed E-state index contributed by atoms with van der Waals surface area (Å²) in [5.41, 5.74) is 1.82. The van der Waals surface area contributed by atoms with E-state index in [1.54, 1.807) is 20.2 Å². The Morgan fingerprint density at radius 2 is 2.06 bits per heavy atom. The summed E-state index contributed by atoms with van der Waals surface area (Å²) in [7, 11) is 1.64. The molecule has 3 aromatic rings. The summed E-state index contributed by atoms with van der Waals surface area (Å²) in [4.78, 5) is 25.4. The van der Waals surface area contributed by atoms with Crippen molar-refractivity contribution in [3.8, 4) is 17.1 Å². The number of methoxy groups -OCH3 is 1. The van der Waals surface area contributed by atoms with Gasteiger partial charge in [0.1, 0.15) is 22.9 Å². The molecule has 0 N–H and O–H groups in total. The van der Waals surface area contributed by atoms with Crippen molar-refractivity contribution in [2.45, 2.75) is 53.3 Å². The van der Waals surface area contributed by atoms with Crippen LogP contribution in [-0.2, 0) is 16.0 Å². The summed E-state index contributed by atoms with van der Waals surface area (Å²) >= 11 is 0. The molecule has 33 heavy (non-hydrogen) atoms. The Bertz CT molecular complexity index is 1250. The van der Waals surface area contributed by atoms with Gasteiger partial charge in [0, 0.05) is 24.8 Å². The highest BCUT2D eigenvalue weighted by molar-refractivity contribution is 5.97. The average molecular weight is 454 g/mol. The fourth-order valence-electron chi connectivity index (χ4n) is 4.41. The van der Waals surface area contributed by atoms with E-state index in [1.165, 1.54) is 6.07 Å². The van der Waals surface area contributed by atoms with E-state index in [1.807, 2.05) is 34.4 Å². The van der Waals surface area contributed by atoms with E-state index in [2.05, 4.69) is 20.8 Å². The van der Waals surface area contributed by atoms with Crippen LogP contribution in [0, 0.1) is 5.41 Å². The standard InChI is InChI=1S/C25H31N3O5/c1-7-32-24(30)17-12-27-18(11-19(17)29)23-16-9-8-10-20(33-15(2)14-31-6)22(16)26-28(23)13-21(27)25(3,4)5/h8-12,15,21H,7,13-14H2,1-6H3. The van der Waals surface area contributed by atoms with Gasteiger partial charge < -0.3 is 18.8 Å². The molecule has 0 aliphatic carbocycles. The number of hydrogen-bond acceptors (Lipinski definition) is 6. The first-order valence-electron chi connectivity index (χ1n) is 11.2. The lowest BCUT2D eigenvalue weighted by Crippen LogP contribution is -2.35. The van der Waals surface area contributed by atoms with Crippen LogP contribution in [0.1, 0.15) is 51.0 Å². The maximum absolute atomic E-state index is 12.9. The summed E-state index contributed by atoms with van der Waals surface area (Å²) in [5.74, 6) is 0.0699. The molecule has 0 radical (unpaired) electrons. The smallest absolute Gasteiger partial charge is 0.343 e. The number of carbonyl (C=O) groups is 1. The van der Waals surface area contributed by atoms with Crippen molar-refractivity contribution >= 4 is 16.9 Å². The number of hydrogen-bond donors (Lipinski definition) is 0. The van der Waals surface area contributed by atoms with Gasteiger partial charge in [-0.25, -0.2) is 4.79 Å². The highest BCUT2D eigenvalue weighted by Crippen LogP contribution is 2.43. The molecule has 0 bridgehead atoms. The van der Waals surface area contributed by atoms with Crippen molar-refractivity contribution in [3.05, 3.63) is 46.2 Å². The number of benzene rings is 1. The van der Waals surface area contributed by atoms with Gasteiger partial charge in [-0.05, 0) is 25.3 Å². The number of esters is 1. The molecule has 0 saturated carbocycles. The zero-order chi connectivity index (χ0) is 23.9. The van der Waals surface area contributed by atoms with Crippen molar-refractivity contribution in [3.63, 3.8) is 0 Å². The van der Waals surface area contributed by atoms with Gasteiger partial charge >= 0.3 is 5.97 Å². The van der Waals surface area contributed by atoms with Crippen LogP contribution in [0.2, 0.25) is 0 Å². The summed E-state index contributed by atoms with van der Waals surface area (Å²) in [5, 5.41) is 5.78. The zero-order valence-electron chi connectivity index (χ0n) is 20.0. The average Bonchev–Trinajstić information content (AvgIpc) is 3.12. The Balaban J connectivity index is 1.93. The quantitative estimate of drug-likeness (QED) is 0.524. The third-order valence-corrected chi connectivity index (χ3v) is 5.96. The van der Waals surface area contributed by atoms with Crippen LogP contribution in [0.5, 0.6) is 5.75 Å². The van der Waals surface area contributed by atoms with Gasteiger partial charge in [0.15, 0.2) is 5.43 Å². The molecule has 3 heterocycles. The van der Waals surface area contributed by atoms with E-state index in [4.69, 9.17) is 19.3 Å². The lowest BCUT2D eigenvalue weighted by atomic mass is 9.85. The molecule has 4 rings (SSSR count). The largest absolute Gasteiger partial charge is 0.486 e. The third-order valence-electron chi connectivity index (χ3n) is 5.96. The fourth-order valence-corrected chi connectivity index (χ4v) is 4.41. The molecule has 0 fully saturated rings. The second-order valence-electron chi connectivity index (χ2n) is 9.51. The fraction of sp³-hybridized carbons (Fsp3) is 0.480. The Morgan fingerprint density at radius 3 is 2.73 bits per heavy atom. The minimum Gasteiger partial charge on any atom is -0.486 e. The normalized spacial score (nSPS) is 16.2. The third kappa shape index (κ3) is 4.15. The molecule has 1 aliphatic rings. The minimum absolute atomic E-state index is 0.0279. The topological polar surface area (TPSA) is 84.6 Å². The van der Waals surface area contributed by atoms with Gasteiger partial charge in [0.2, 0.25) is 0 Å². The van der Waals surface area contributed by atoms with Gasteiger partial charge in [-0.15, -0.1) is 0 Å². The maximum atomic E-state index is 12.9. The van der Waals surface area contributed by atoms with E-state index in [-0.39, 0.29) is 35.2 Å². The monoisotopic (exact) mass is 453 g/mol. The Hall–Kier alpha value is -3.13. The van der Waals surface area contributed by atoms with Gasteiger partial charge in [0.25, 0.3) is 0 Å². The highest BCUT2D eigenvalue weighted by atomic mass is 16.5. The van der Waals surface area contributed by atoms with Crippen LogP contribution in [-0.4, -0.2) is 46.7 Å². The number of rotatable bonds is 6. The van der Waals surface area contributed by atoms with Crippen LogP contribution in [0.25, 0.3) is 22.3 Å². The minimum atomic E-state index is -0.600. The van der Waals surface area contributed by atoms with Crippen LogP contribution in [0.4, 0.5) is 0 Å². The second-order valence-corrected chi connectivity index (χ2v) is 9.51. The van der Waals surface area contributed by atoms with Gasteiger partial charge in [-0.3, -0.25) is 9.48 Å². The Kier molecular flexibility index (Phi) is 6.05. The molecule has 2 unspecified atom stereocenters. The molecular weight excluding hydrogens is 422 g/mol. The van der Waals surface area contributed by atoms with E-state index in [0.717, 1.165) is 22.3 Å². The zero-order valence-corrected chi connectivity index (χ0v) is 20.0. The molecule has 0 spiro atoms. The number of fused-ring (bicyclic) bond motifs is 5. The van der Waals surface area contributed by atoms with E-state index < -0.39 is 5.97 Å². The van der Waals surface area contributed by atoms with Crippen LogP contribution < -0.4 is 10.2 Å². The molecular formula is C25H31N3O5. The lowest BCUT2D eigenvalue weighted by molar-refractivity contribution is 0.0522. The lowest BCUT2D eigenvalue weighted by Gasteiger charge is -2.38. The van der Waals surface area contributed by atoms with Gasteiger partial charge in [0.05, 0.1) is 37.2 Å². The second kappa shape index (κ2) is 8.67. The van der Waals surface area contributed by atoms with Crippen molar-refractivity contribution in [2.75, 3.05) is 20.3 Å². The van der Waals surface area contributed by atoms with Crippen molar-refractivity contribution in [1.82, 2.24) is 14.3 Å². The summed E-state index contributed by atoms with van der Waals surface area (Å²) < 4.78 is 20.4. The predicted octanol–water partition coefficient (Wildman–Crippen LogP) is 4.06. The van der Waals surface area contributed by atoms with Crippen molar-refractivity contribution < 1.29 is 19.0 Å². The van der Waals surface area contributed by atoms with Crippen molar-refractivity contribution in [2.24, 2.45) is 5.41 Å². The maximum Gasteiger partial charge on any atom is 0.343 e. The Labute approximate surface area is 193 Å². The van der Waals surface area contributed by atoms with E-state index in [0.29, 0.717) is 18.9 Å². The number of ether oxygens (including phenoxy) is 3. The molecule has 1 aromatic carbocycles. The number of carbonyl (C=O) groups excluding carboxylic acids is 1. The molecule has 0 saturated heterocycles. The highest BCUT2D eigenvalue weighted by Gasteiger charge is 2.35. The first-order chi connectivity index (χ1) is 15.7. The number of aromatic nitrogens is 3. The Morgan fingerprint density at radius 1 is 1.30 bits per heavy atom. The van der Waals surface area contributed by atoms with E-state index in [9.17, 15) is 9.59 Å². The predicted molar refractivity (Wildman–Crippen MR) is 126 cm³/mol. The van der Waals surface area contributed by atoms with Crippen LogP contribution in [0.15, 0.2) is 35.3 Å². The molecule has 2 aromatic heterocycles. The summed E-state index contributed by atoms with van der Waals surface area (Å²) in [6.07, 6.45) is 1.51. The van der Waals surface area contributed by atoms with Crippen molar-refractivity contribution in [1.29, 1.82) is 0 Å². The number of nitrogens with zero attached hydrogens (tertiary/aromatic N) is 3. The molecule has 0 amide bonds. The van der Waals surface area contributed by atoms with Gasteiger partial charge in [-0.1, -0.05) is 32.9 Å². The van der Waals surface area contributed by atoms with Gasteiger partial charge in [-0.2, -0.15) is 5.10 Å². The van der Waals surface area contributed by atoms with Crippen LogP contribution in [0.3, 0.4) is 0 Å². The molecule has 8 nitrogen and oxygen atoms in total. The first-order valence-corrected chi connectivity index (χ1v) is 11.2. The molecule has 2 atom stereocenters. The molecule has 176 valence electrons. The molecule has 8 heteroatoms. The summed E-state index contributed by atoms with van der Waals surface area (Å²) in [6, 6.07) is 7.29. The van der Waals surface area contributed by atoms with E-state index >= 15 is 0 Å².